The Kier molecular flexibility index (Phi) is 4.74. The monoisotopic (exact) mass is 370 g/mol. The molecule has 0 unspecified atom stereocenters. The second kappa shape index (κ2) is 7.34. The smallest absolute Gasteiger partial charge is 0.328 e. The van der Waals surface area contributed by atoms with Crippen LogP contribution in [0.1, 0.15) is 24.1 Å². The van der Waals surface area contributed by atoms with E-state index in [2.05, 4.69) is 26.1 Å². The number of H-pyrrole nitrogens is 1. The fourth-order valence-electron chi connectivity index (χ4n) is 3.65. The molecule has 1 aliphatic carbocycles. The number of fused-ring (bicyclic) bond motifs is 1. The maximum atomic E-state index is 12.4. The van der Waals surface area contributed by atoms with E-state index in [9.17, 15) is 14.4 Å². The molecule has 9 heteroatoms. The van der Waals surface area contributed by atoms with Crippen LogP contribution in [-0.2, 0) is 24.2 Å². The average molecular weight is 370 g/mol. The molecule has 0 radical (unpaired) electrons. The number of carbonyl (C=O) groups excluding carboxylic acids is 1. The van der Waals surface area contributed by atoms with Crippen LogP contribution in [0.4, 0.5) is 5.82 Å². The van der Waals surface area contributed by atoms with Gasteiger partial charge in [0.25, 0.3) is 5.56 Å². The molecule has 2 aliphatic rings. The summed E-state index contributed by atoms with van der Waals surface area (Å²) in [7, 11) is 0. The second-order valence-corrected chi connectivity index (χ2v) is 6.95. The van der Waals surface area contributed by atoms with Gasteiger partial charge in [0.2, 0.25) is 5.91 Å². The van der Waals surface area contributed by atoms with Crippen molar-refractivity contribution in [2.45, 2.75) is 32.2 Å². The molecule has 0 bridgehead atoms. The lowest BCUT2D eigenvalue weighted by molar-refractivity contribution is -0.131. The molecule has 27 heavy (non-hydrogen) atoms. The third-order valence-electron chi connectivity index (χ3n) is 5.23. The summed E-state index contributed by atoms with van der Waals surface area (Å²) < 4.78 is 1.34. The van der Waals surface area contributed by atoms with Crippen LogP contribution in [-0.4, -0.2) is 56.7 Å². The summed E-state index contributed by atoms with van der Waals surface area (Å²) in [4.78, 5) is 41.4. The maximum Gasteiger partial charge on any atom is 0.328 e. The highest BCUT2D eigenvalue weighted by atomic mass is 16.2. The summed E-state index contributed by atoms with van der Waals surface area (Å²) in [5, 5.41) is 8.68. The lowest BCUT2D eigenvalue weighted by atomic mass is 10.2. The van der Waals surface area contributed by atoms with Crippen molar-refractivity contribution in [1.82, 2.24) is 24.6 Å². The van der Waals surface area contributed by atoms with Gasteiger partial charge < -0.3 is 14.4 Å². The fraction of sp³-hybridized carbons (Fsp3) is 0.500. The minimum absolute atomic E-state index is 0.00721. The van der Waals surface area contributed by atoms with Crippen molar-refractivity contribution >= 4 is 11.7 Å². The first kappa shape index (κ1) is 17.4. The molecule has 4 rings (SSSR count). The molecule has 1 fully saturated rings. The van der Waals surface area contributed by atoms with Crippen LogP contribution < -0.4 is 16.1 Å². The number of rotatable bonds is 4. The topological polar surface area (TPSA) is 104 Å². The number of aryl methyl sites for hydroxylation is 3. The lowest BCUT2D eigenvalue weighted by Crippen LogP contribution is -2.49. The molecule has 142 valence electrons. The Morgan fingerprint density at radius 3 is 2.70 bits per heavy atom. The molecular formula is C18H22N6O3. The molecule has 9 nitrogen and oxygen atoms in total. The average Bonchev–Trinajstić information content (AvgIpc) is 3.15. The molecule has 1 N–H and O–H groups in total. The fourth-order valence-corrected chi connectivity index (χ4v) is 3.65. The van der Waals surface area contributed by atoms with Crippen molar-refractivity contribution in [3.63, 3.8) is 0 Å². The lowest BCUT2D eigenvalue weighted by Gasteiger charge is -2.35. The van der Waals surface area contributed by atoms with Crippen LogP contribution in [0.2, 0.25) is 0 Å². The van der Waals surface area contributed by atoms with Gasteiger partial charge in [0.05, 0.1) is 5.69 Å². The van der Waals surface area contributed by atoms with Crippen molar-refractivity contribution in [1.29, 1.82) is 0 Å². The molecule has 0 aromatic carbocycles. The van der Waals surface area contributed by atoms with Crippen molar-refractivity contribution in [3.8, 4) is 0 Å². The molecule has 0 saturated carbocycles. The first-order valence-electron chi connectivity index (χ1n) is 9.28. The Hall–Kier alpha value is -2.97. The zero-order valence-corrected chi connectivity index (χ0v) is 15.1. The van der Waals surface area contributed by atoms with E-state index in [-0.39, 0.29) is 18.9 Å². The van der Waals surface area contributed by atoms with Crippen LogP contribution in [0, 0.1) is 0 Å². The Balaban J connectivity index is 1.31. The van der Waals surface area contributed by atoms with Gasteiger partial charge in [0.1, 0.15) is 0 Å². The third kappa shape index (κ3) is 3.76. The van der Waals surface area contributed by atoms with Gasteiger partial charge in [0.15, 0.2) is 5.82 Å². The Bertz CT molecular complexity index is 958. The minimum atomic E-state index is -0.490. The van der Waals surface area contributed by atoms with Gasteiger partial charge in [-0.2, -0.15) is 5.10 Å². The molecule has 0 atom stereocenters. The third-order valence-corrected chi connectivity index (χ3v) is 5.23. The quantitative estimate of drug-likeness (QED) is 0.782. The molecule has 1 aliphatic heterocycles. The number of amides is 1. The molecule has 2 aromatic rings. The Morgan fingerprint density at radius 2 is 1.93 bits per heavy atom. The molecule has 3 heterocycles. The van der Waals surface area contributed by atoms with E-state index in [1.807, 2.05) is 4.90 Å². The second-order valence-electron chi connectivity index (χ2n) is 6.95. The van der Waals surface area contributed by atoms with E-state index in [4.69, 9.17) is 0 Å². The summed E-state index contributed by atoms with van der Waals surface area (Å²) in [6.45, 7) is 2.94. The highest BCUT2D eigenvalue weighted by Gasteiger charge is 2.23. The SMILES string of the molecule is O=C(CCn1ccc(=O)[nH]c1=O)N1CCN(c2cc3c(nn2)CCC3)CC1. The van der Waals surface area contributed by atoms with Crippen LogP contribution in [0.5, 0.6) is 0 Å². The highest BCUT2D eigenvalue weighted by molar-refractivity contribution is 5.76. The van der Waals surface area contributed by atoms with Crippen LogP contribution in [0.25, 0.3) is 0 Å². The van der Waals surface area contributed by atoms with Gasteiger partial charge in [-0.1, -0.05) is 0 Å². The van der Waals surface area contributed by atoms with Crippen LogP contribution in [0.15, 0.2) is 27.9 Å². The van der Waals surface area contributed by atoms with Gasteiger partial charge >= 0.3 is 5.69 Å². The number of aromatic nitrogens is 4. The largest absolute Gasteiger partial charge is 0.352 e. The number of hydrogen-bond donors (Lipinski definition) is 1. The Labute approximate surface area is 155 Å². The van der Waals surface area contributed by atoms with Gasteiger partial charge in [-0.05, 0) is 30.9 Å². The summed E-state index contributed by atoms with van der Waals surface area (Å²) in [5.41, 5.74) is 1.48. The normalized spacial score (nSPS) is 16.4. The van der Waals surface area contributed by atoms with Crippen molar-refractivity contribution in [2.24, 2.45) is 0 Å². The number of nitrogens with one attached hydrogen (secondary N) is 1. The van der Waals surface area contributed by atoms with E-state index in [0.717, 1.165) is 43.9 Å². The Morgan fingerprint density at radius 1 is 1.11 bits per heavy atom. The first-order valence-corrected chi connectivity index (χ1v) is 9.28. The predicted octanol–water partition coefficient (Wildman–Crippen LogP) is -0.446. The minimum Gasteiger partial charge on any atom is -0.352 e. The van der Waals surface area contributed by atoms with E-state index < -0.39 is 11.2 Å². The first-order chi connectivity index (χ1) is 13.1. The summed E-state index contributed by atoms with van der Waals surface area (Å²) in [5.74, 6) is 0.898. The van der Waals surface area contributed by atoms with Crippen LogP contribution >= 0.6 is 0 Å². The highest BCUT2D eigenvalue weighted by Crippen LogP contribution is 2.23. The molecule has 0 spiro atoms. The molecular weight excluding hydrogens is 348 g/mol. The van der Waals surface area contributed by atoms with Crippen molar-refractivity contribution < 1.29 is 4.79 Å². The van der Waals surface area contributed by atoms with Gasteiger partial charge in [-0.15, -0.1) is 5.10 Å². The number of carbonyl (C=O) groups is 1. The van der Waals surface area contributed by atoms with Crippen LogP contribution in [0.3, 0.4) is 0 Å². The summed E-state index contributed by atoms with van der Waals surface area (Å²) in [6, 6.07) is 3.41. The number of nitrogens with zero attached hydrogens (tertiary/aromatic N) is 5. The number of piperazine rings is 1. The number of anilines is 1. The number of hydrogen-bond acceptors (Lipinski definition) is 6. The van der Waals surface area contributed by atoms with E-state index >= 15 is 0 Å². The zero-order chi connectivity index (χ0) is 18.8. The van der Waals surface area contributed by atoms with E-state index in [0.29, 0.717) is 13.1 Å². The number of aromatic amines is 1. The standard InChI is InChI=1S/C18H22N6O3/c25-16-4-6-24(18(27)19-16)7-5-17(26)23-10-8-22(9-11-23)15-12-13-2-1-3-14(13)20-21-15/h4,6,12H,1-3,5,7-11H2,(H,19,25,27). The summed E-state index contributed by atoms with van der Waals surface area (Å²) >= 11 is 0. The van der Waals surface area contributed by atoms with Gasteiger partial charge in [-0.3, -0.25) is 14.6 Å². The molecule has 1 saturated heterocycles. The molecule has 2 aromatic heterocycles. The zero-order valence-electron chi connectivity index (χ0n) is 15.1. The summed E-state index contributed by atoms with van der Waals surface area (Å²) in [6.07, 6.45) is 4.88. The molecule has 1 amide bonds. The van der Waals surface area contributed by atoms with Gasteiger partial charge in [0, 0.05) is 51.4 Å². The van der Waals surface area contributed by atoms with E-state index in [1.165, 1.54) is 22.4 Å². The maximum absolute atomic E-state index is 12.4. The van der Waals surface area contributed by atoms with Gasteiger partial charge in [-0.25, -0.2) is 4.79 Å². The van der Waals surface area contributed by atoms with E-state index in [1.54, 1.807) is 0 Å². The predicted molar refractivity (Wildman–Crippen MR) is 98.8 cm³/mol. The van der Waals surface area contributed by atoms with Crippen molar-refractivity contribution in [3.05, 3.63) is 50.4 Å². The van der Waals surface area contributed by atoms with Crippen molar-refractivity contribution in [2.75, 3.05) is 31.1 Å².